The van der Waals surface area contributed by atoms with E-state index in [4.69, 9.17) is 14.4 Å². The van der Waals surface area contributed by atoms with E-state index in [2.05, 4.69) is 11.0 Å². The van der Waals surface area contributed by atoms with Crippen LogP contribution in [0.2, 0.25) is 0 Å². The van der Waals surface area contributed by atoms with Crippen LogP contribution in [0.5, 0.6) is 5.75 Å². The number of hydrogen-bond acceptors (Lipinski definition) is 4. The van der Waals surface area contributed by atoms with E-state index in [0.717, 1.165) is 24.4 Å². The van der Waals surface area contributed by atoms with E-state index in [9.17, 15) is 0 Å². The Morgan fingerprint density at radius 3 is 2.79 bits per heavy atom. The molecule has 0 bridgehead atoms. The third-order valence-corrected chi connectivity index (χ3v) is 2.84. The molecule has 0 aliphatic rings. The molecule has 0 aliphatic carbocycles. The van der Waals surface area contributed by atoms with Gasteiger partial charge < -0.3 is 9.15 Å². The van der Waals surface area contributed by atoms with Gasteiger partial charge in [0.05, 0.1) is 25.5 Å². The third kappa shape index (κ3) is 3.36. The van der Waals surface area contributed by atoms with Crippen molar-refractivity contribution in [3.63, 3.8) is 0 Å². The van der Waals surface area contributed by atoms with E-state index in [1.807, 2.05) is 31.3 Å². The van der Waals surface area contributed by atoms with Crippen LogP contribution in [0, 0.1) is 11.3 Å². The van der Waals surface area contributed by atoms with Crippen LogP contribution >= 0.6 is 0 Å². The highest BCUT2D eigenvalue weighted by Crippen LogP contribution is 2.20. The zero-order valence-corrected chi connectivity index (χ0v) is 11.1. The van der Waals surface area contributed by atoms with Crippen molar-refractivity contribution in [2.75, 3.05) is 14.2 Å². The van der Waals surface area contributed by atoms with Gasteiger partial charge in [0.15, 0.2) is 0 Å². The summed E-state index contributed by atoms with van der Waals surface area (Å²) in [6, 6.07) is 11.6. The fourth-order valence-electron chi connectivity index (χ4n) is 1.96. The molecule has 2 rings (SSSR count). The zero-order chi connectivity index (χ0) is 13.7. The Morgan fingerprint density at radius 2 is 2.16 bits per heavy atom. The summed E-state index contributed by atoms with van der Waals surface area (Å²) in [6.07, 6.45) is 1.67. The normalized spacial score (nSPS) is 10.4. The fraction of sp³-hybridized carbons (Fsp3) is 0.267. The van der Waals surface area contributed by atoms with Crippen LogP contribution in [0.15, 0.2) is 41.0 Å². The first-order valence-electron chi connectivity index (χ1n) is 6.01. The van der Waals surface area contributed by atoms with Crippen molar-refractivity contribution in [2.24, 2.45) is 0 Å². The highest BCUT2D eigenvalue weighted by molar-refractivity contribution is 5.45. The lowest BCUT2D eigenvalue weighted by Crippen LogP contribution is -2.16. The minimum atomic E-state index is 0.555. The summed E-state index contributed by atoms with van der Waals surface area (Å²) in [5.41, 5.74) is 1.66. The lowest BCUT2D eigenvalue weighted by molar-refractivity contribution is 0.287. The summed E-state index contributed by atoms with van der Waals surface area (Å²) in [6.45, 7) is 1.51. The van der Waals surface area contributed by atoms with E-state index in [1.165, 1.54) is 0 Å². The topological polar surface area (TPSA) is 49.4 Å². The number of nitrogens with zero attached hydrogens (tertiary/aromatic N) is 2. The monoisotopic (exact) mass is 256 g/mol. The molecule has 0 amide bonds. The van der Waals surface area contributed by atoms with Gasteiger partial charge in [0.1, 0.15) is 17.6 Å². The van der Waals surface area contributed by atoms with Gasteiger partial charge in [0.25, 0.3) is 0 Å². The Balaban J connectivity index is 2.04. The average Bonchev–Trinajstić information content (AvgIpc) is 2.91. The molecule has 0 saturated carbocycles. The molecule has 1 heterocycles. The van der Waals surface area contributed by atoms with Gasteiger partial charge in [0.2, 0.25) is 0 Å². The van der Waals surface area contributed by atoms with E-state index >= 15 is 0 Å². The van der Waals surface area contributed by atoms with Gasteiger partial charge in [-0.3, -0.25) is 4.90 Å². The smallest absolute Gasteiger partial charge is 0.136 e. The molecule has 0 radical (unpaired) electrons. The molecule has 0 saturated heterocycles. The summed E-state index contributed by atoms with van der Waals surface area (Å²) in [5, 5.41) is 8.94. The summed E-state index contributed by atoms with van der Waals surface area (Å²) >= 11 is 0. The number of nitriles is 1. The molecule has 4 heteroatoms. The standard InChI is InChI=1S/C15H16N2O2/c1-17(11-14-4-3-7-19-14)10-12-5-6-13(9-16)15(8-12)18-2/h3-8H,10-11H2,1-2H3. The highest BCUT2D eigenvalue weighted by Gasteiger charge is 2.07. The molecule has 0 unspecified atom stereocenters. The van der Waals surface area contributed by atoms with Gasteiger partial charge in [-0.1, -0.05) is 6.07 Å². The fourth-order valence-corrected chi connectivity index (χ4v) is 1.96. The van der Waals surface area contributed by atoms with Gasteiger partial charge in [-0.05, 0) is 36.9 Å². The molecule has 0 fully saturated rings. The van der Waals surface area contributed by atoms with Gasteiger partial charge in [0, 0.05) is 6.54 Å². The Morgan fingerprint density at radius 1 is 1.32 bits per heavy atom. The molecular formula is C15H16N2O2. The number of furan rings is 1. The minimum Gasteiger partial charge on any atom is -0.495 e. The molecule has 0 spiro atoms. The second-order valence-corrected chi connectivity index (χ2v) is 4.40. The number of hydrogen-bond donors (Lipinski definition) is 0. The van der Waals surface area contributed by atoms with Gasteiger partial charge in [-0.25, -0.2) is 0 Å². The average molecular weight is 256 g/mol. The molecule has 1 aromatic heterocycles. The summed E-state index contributed by atoms with van der Waals surface area (Å²) in [4.78, 5) is 2.14. The lowest BCUT2D eigenvalue weighted by atomic mass is 10.1. The van der Waals surface area contributed by atoms with Crippen LogP contribution in [-0.2, 0) is 13.1 Å². The van der Waals surface area contributed by atoms with E-state index in [0.29, 0.717) is 11.3 Å². The quantitative estimate of drug-likeness (QED) is 0.825. The first-order valence-corrected chi connectivity index (χ1v) is 6.01. The summed E-state index contributed by atoms with van der Waals surface area (Å²) in [7, 11) is 3.60. The Bertz CT molecular complexity index is 570. The SMILES string of the molecule is COc1cc(CN(C)Cc2ccco2)ccc1C#N. The zero-order valence-electron chi connectivity index (χ0n) is 11.1. The minimum absolute atomic E-state index is 0.555. The van der Waals surface area contributed by atoms with Gasteiger partial charge >= 0.3 is 0 Å². The van der Waals surface area contributed by atoms with Crippen molar-refractivity contribution in [3.05, 3.63) is 53.5 Å². The number of ether oxygens (including phenoxy) is 1. The maximum atomic E-state index is 8.94. The number of benzene rings is 1. The van der Waals surface area contributed by atoms with Crippen molar-refractivity contribution < 1.29 is 9.15 Å². The second kappa shape index (κ2) is 6.07. The van der Waals surface area contributed by atoms with E-state index < -0.39 is 0 Å². The van der Waals surface area contributed by atoms with Crippen molar-refractivity contribution in [1.82, 2.24) is 4.90 Å². The van der Waals surface area contributed by atoms with Crippen molar-refractivity contribution in [2.45, 2.75) is 13.1 Å². The van der Waals surface area contributed by atoms with Crippen LogP contribution in [0.1, 0.15) is 16.9 Å². The first-order chi connectivity index (χ1) is 9.22. The van der Waals surface area contributed by atoms with Crippen LogP contribution in [0.3, 0.4) is 0 Å². The predicted octanol–water partition coefficient (Wildman–Crippen LogP) is 2.79. The lowest BCUT2D eigenvalue weighted by Gasteiger charge is -2.16. The van der Waals surface area contributed by atoms with Crippen LogP contribution < -0.4 is 4.74 Å². The molecule has 0 aliphatic heterocycles. The maximum absolute atomic E-state index is 8.94. The largest absolute Gasteiger partial charge is 0.495 e. The predicted molar refractivity (Wildman–Crippen MR) is 71.6 cm³/mol. The van der Waals surface area contributed by atoms with E-state index in [-0.39, 0.29) is 0 Å². The maximum Gasteiger partial charge on any atom is 0.136 e. The molecular weight excluding hydrogens is 240 g/mol. The molecule has 0 N–H and O–H groups in total. The molecule has 1 aromatic carbocycles. The van der Waals surface area contributed by atoms with E-state index in [1.54, 1.807) is 19.4 Å². The molecule has 4 nitrogen and oxygen atoms in total. The Hall–Kier alpha value is -2.25. The molecule has 2 aromatic rings. The molecule has 19 heavy (non-hydrogen) atoms. The van der Waals surface area contributed by atoms with Gasteiger partial charge in [-0.15, -0.1) is 0 Å². The third-order valence-electron chi connectivity index (χ3n) is 2.84. The van der Waals surface area contributed by atoms with Crippen LogP contribution in [0.25, 0.3) is 0 Å². The van der Waals surface area contributed by atoms with Crippen molar-refractivity contribution in [3.8, 4) is 11.8 Å². The molecule has 98 valence electrons. The van der Waals surface area contributed by atoms with Gasteiger partial charge in [-0.2, -0.15) is 5.26 Å². The van der Waals surface area contributed by atoms with Crippen molar-refractivity contribution in [1.29, 1.82) is 5.26 Å². The highest BCUT2D eigenvalue weighted by atomic mass is 16.5. The molecule has 0 atom stereocenters. The van der Waals surface area contributed by atoms with Crippen LogP contribution in [0.4, 0.5) is 0 Å². The Labute approximate surface area is 112 Å². The second-order valence-electron chi connectivity index (χ2n) is 4.40. The Kier molecular flexibility index (Phi) is 4.22. The first kappa shape index (κ1) is 13.2. The van der Waals surface area contributed by atoms with Crippen molar-refractivity contribution >= 4 is 0 Å². The summed E-state index contributed by atoms with van der Waals surface area (Å²) < 4.78 is 10.5. The summed E-state index contributed by atoms with van der Waals surface area (Å²) in [5.74, 6) is 1.55. The van der Waals surface area contributed by atoms with Crippen LogP contribution in [-0.4, -0.2) is 19.1 Å². The number of methoxy groups -OCH3 is 1. The number of rotatable bonds is 5.